The zero-order chi connectivity index (χ0) is 12.1. The molecule has 1 aromatic carbocycles. The number of nitrogens with one attached hydrogen (secondary N) is 1. The molecule has 1 amide bonds. The number of benzene rings is 1. The average Bonchev–Trinajstić information content (AvgIpc) is 2.14. The summed E-state index contributed by atoms with van der Waals surface area (Å²) in [5, 5.41) is 3.06. The minimum Gasteiger partial charge on any atom is -0.353 e. The molecule has 5 heteroatoms. The van der Waals surface area contributed by atoms with Gasteiger partial charge in [-0.15, -0.1) is 0 Å². The van der Waals surface area contributed by atoms with Crippen LogP contribution in [0.15, 0.2) is 18.2 Å². The predicted octanol–water partition coefficient (Wildman–Crippen LogP) is 3.28. The SMILES string of the molecule is CC(=O)NCC=Cc1c(Cl)cc(F)cc1Cl. The van der Waals surface area contributed by atoms with Crippen molar-refractivity contribution in [3.8, 4) is 0 Å². The van der Waals surface area contributed by atoms with Gasteiger partial charge in [0, 0.05) is 19.0 Å². The molecule has 0 heterocycles. The third-order valence-corrected chi connectivity index (χ3v) is 2.42. The van der Waals surface area contributed by atoms with Crippen LogP contribution in [0.25, 0.3) is 6.08 Å². The topological polar surface area (TPSA) is 29.1 Å². The lowest BCUT2D eigenvalue weighted by Gasteiger charge is -2.02. The lowest BCUT2D eigenvalue weighted by Crippen LogP contribution is -2.19. The number of hydrogen-bond acceptors (Lipinski definition) is 1. The van der Waals surface area contributed by atoms with E-state index < -0.39 is 5.82 Å². The van der Waals surface area contributed by atoms with Gasteiger partial charge in [-0.05, 0) is 12.1 Å². The van der Waals surface area contributed by atoms with Crippen molar-refractivity contribution in [3.63, 3.8) is 0 Å². The van der Waals surface area contributed by atoms with Crippen LogP contribution in [0.5, 0.6) is 0 Å². The van der Waals surface area contributed by atoms with Gasteiger partial charge < -0.3 is 5.32 Å². The second kappa shape index (κ2) is 5.87. The van der Waals surface area contributed by atoms with Crippen LogP contribution in [0.4, 0.5) is 4.39 Å². The van der Waals surface area contributed by atoms with Gasteiger partial charge in [-0.25, -0.2) is 4.39 Å². The largest absolute Gasteiger partial charge is 0.353 e. The zero-order valence-electron chi connectivity index (χ0n) is 8.56. The maximum Gasteiger partial charge on any atom is 0.217 e. The van der Waals surface area contributed by atoms with Crippen molar-refractivity contribution in [1.29, 1.82) is 0 Å². The number of carbonyl (C=O) groups is 1. The first-order chi connectivity index (χ1) is 7.50. The third kappa shape index (κ3) is 3.83. The zero-order valence-corrected chi connectivity index (χ0v) is 10.1. The highest BCUT2D eigenvalue weighted by Gasteiger charge is 2.04. The molecule has 0 aromatic heterocycles. The number of halogens is 3. The molecule has 1 N–H and O–H groups in total. The van der Waals surface area contributed by atoms with Gasteiger partial charge in [-0.2, -0.15) is 0 Å². The summed E-state index contributed by atoms with van der Waals surface area (Å²) in [6.07, 6.45) is 3.33. The molecule has 0 saturated carbocycles. The fraction of sp³-hybridized carbons (Fsp3) is 0.182. The van der Waals surface area contributed by atoms with E-state index in [0.717, 1.165) is 0 Å². The fourth-order valence-electron chi connectivity index (χ4n) is 1.09. The fourth-order valence-corrected chi connectivity index (χ4v) is 1.68. The molecule has 16 heavy (non-hydrogen) atoms. The number of rotatable bonds is 3. The summed E-state index contributed by atoms with van der Waals surface area (Å²) in [7, 11) is 0. The molecule has 0 saturated heterocycles. The Kier molecular flexibility index (Phi) is 4.77. The molecule has 0 unspecified atom stereocenters. The monoisotopic (exact) mass is 261 g/mol. The molecule has 0 fully saturated rings. The molecule has 1 aromatic rings. The molecule has 0 bridgehead atoms. The number of carbonyl (C=O) groups excluding carboxylic acids is 1. The van der Waals surface area contributed by atoms with Gasteiger partial charge in [0.15, 0.2) is 0 Å². The van der Waals surface area contributed by atoms with Crippen LogP contribution in [0, 0.1) is 5.82 Å². The number of amides is 1. The van der Waals surface area contributed by atoms with Crippen LogP contribution in [0.2, 0.25) is 10.0 Å². The van der Waals surface area contributed by atoms with Gasteiger partial charge in [-0.3, -0.25) is 4.79 Å². The highest BCUT2D eigenvalue weighted by molar-refractivity contribution is 6.37. The Morgan fingerprint density at radius 1 is 1.44 bits per heavy atom. The van der Waals surface area contributed by atoms with E-state index in [1.807, 2.05) is 0 Å². The van der Waals surface area contributed by atoms with E-state index in [1.54, 1.807) is 12.2 Å². The molecular formula is C11H10Cl2FNO. The lowest BCUT2D eigenvalue weighted by molar-refractivity contribution is -0.118. The van der Waals surface area contributed by atoms with Gasteiger partial charge >= 0.3 is 0 Å². The maximum absolute atomic E-state index is 12.9. The standard InChI is InChI=1S/C11H10Cl2FNO/c1-7(16)15-4-2-3-9-10(12)5-8(14)6-11(9)13/h2-3,5-6H,4H2,1H3,(H,15,16). The van der Waals surface area contributed by atoms with E-state index in [9.17, 15) is 9.18 Å². The van der Waals surface area contributed by atoms with Gasteiger partial charge in [0.1, 0.15) is 5.82 Å². The van der Waals surface area contributed by atoms with Crippen LogP contribution in [0.1, 0.15) is 12.5 Å². The first kappa shape index (κ1) is 13.0. The third-order valence-electron chi connectivity index (χ3n) is 1.80. The van der Waals surface area contributed by atoms with Crippen molar-refractivity contribution in [1.82, 2.24) is 5.32 Å². The van der Waals surface area contributed by atoms with Crippen molar-refractivity contribution in [3.05, 3.63) is 39.6 Å². The van der Waals surface area contributed by atoms with Gasteiger partial charge in [0.25, 0.3) is 0 Å². The van der Waals surface area contributed by atoms with Crippen LogP contribution >= 0.6 is 23.2 Å². The average molecular weight is 262 g/mol. The second-order valence-electron chi connectivity index (χ2n) is 3.12. The van der Waals surface area contributed by atoms with Gasteiger partial charge in [-0.1, -0.05) is 35.4 Å². The normalized spacial score (nSPS) is 10.8. The first-order valence-electron chi connectivity index (χ1n) is 4.56. The van der Waals surface area contributed by atoms with Crippen molar-refractivity contribution < 1.29 is 9.18 Å². The summed E-state index contributed by atoms with van der Waals surface area (Å²) in [5.74, 6) is -0.602. The highest BCUT2D eigenvalue weighted by Crippen LogP contribution is 2.27. The summed E-state index contributed by atoms with van der Waals surface area (Å²) < 4.78 is 12.9. The Morgan fingerprint density at radius 2 is 2.00 bits per heavy atom. The maximum atomic E-state index is 12.9. The predicted molar refractivity (Wildman–Crippen MR) is 64.1 cm³/mol. The summed E-state index contributed by atoms with van der Waals surface area (Å²) >= 11 is 11.6. The van der Waals surface area contributed by atoms with Crippen molar-refractivity contribution >= 4 is 35.2 Å². The molecule has 0 radical (unpaired) electrons. The summed E-state index contributed by atoms with van der Waals surface area (Å²) in [6, 6.07) is 2.37. The molecule has 1 rings (SSSR count). The van der Waals surface area contributed by atoms with E-state index in [2.05, 4.69) is 5.32 Å². The smallest absolute Gasteiger partial charge is 0.217 e. The summed E-state index contributed by atoms with van der Waals surface area (Å²) in [6.45, 7) is 1.80. The van der Waals surface area contributed by atoms with Crippen molar-refractivity contribution in [2.45, 2.75) is 6.92 Å². The van der Waals surface area contributed by atoms with Crippen LogP contribution in [0.3, 0.4) is 0 Å². The van der Waals surface area contributed by atoms with E-state index in [1.165, 1.54) is 19.1 Å². The Hall–Kier alpha value is -1.06. The van der Waals surface area contributed by atoms with Crippen LogP contribution in [-0.4, -0.2) is 12.5 Å². The summed E-state index contributed by atoms with van der Waals surface area (Å²) in [5.41, 5.74) is 0.537. The number of hydrogen-bond donors (Lipinski definition) is 1. The first-order valence-corrected chi connectivity index (χ1v) is 5.32. The van der Waals surface area contributed by atoms with Gasteiger partial charge in [0.05, 0.1) is 10.0 Å². The van der Waals surface area contributed by atoms with E-state index >= 15 is 0 Å². The quantitative estimate of drug-likeness (QED) is 0.889. The molecule has 0 aliphatic heterocycles. The minimum atomic E-state index is -0.478. The Balaban J connectivity index is 2.77. The van der Waals surface area contributed by atoms with E-state index in [-0.39, 0.29) is 16.0 Å². The van der Waals surface area contributed by atoms with Crippen molar-refractivity contribution in [2.24, 2.45) is 0 Å². The van der Waals surface area contributed by atoms with Gasteiger partial charge in [0.2, 0.25) is 5.91 Å². The van der Waals surface area contributed by atoms with Crippen molar-refractivity contribution in [2.75, 3.05) is 6.54 Å². The minimum absolute atomic E-state index is 0.124. The molecule has 0 atom stereocenters. The van der Waals surface area contributed by atoms with Crippen LogP contribution in [-0.2, 0) is 4.79 Å². The highest BCUT2D eigenvalue weighted by atomic mass is 35.5. The van der Waals surface area contributed by atoms with E-state index in [4.69, 9.17) is 23.2 Å². The molecule has 0 aliphatic rings. The van der Waals surface area contributed by atoms with Crippen LogP contribution < -0.4 is 5.32 Å². The molecule has 0 spiro atoms. The summed E-state index contributed by atoms with van der Waals surface area (Å²) in [4.78, 5) is 10.6. The second-order valence-corrected chi connectivity index (χ2v) is 3.94. The Bertz CT molecular complexity index is 409. The lowest BCUT2D eigenvalue weighted by atomic mass is 10.2. The molecular weight excluding hydrogens is 252 g/mol. The Morgan fingerprint density at radius 3 is 2.50 bits per heavy atom. The molecule has 86 valence electrons. The molecule has 0 aliphatic carbocycles. The Labute approximate surface area is 103 Å². The van der Waals surface area contributed by atoms with E-state index in [0.29, 0.717) is 12.1 Å². The molecule has 2 nitrogen and oxygen atoms in total.